The monoisotopic (exact) mass is 374 g/mol. The predicted octanol–water partition coefficient (Wildman–Crippen LogP) is 4.57. The van der Waals surface area contributed by atoms with E-state index in [9.17, 15) is 5.11 Å². The van der Waals surface area contributed by atoms with Crippen molar-refractivity contribution in [2.45, 2.75) is 20.0 Å². The lowest BCUT2D eigenvalue weighted by atomic mass is 10.1. The summed E-state index contributed by atoms with van der Waals surface area (Å²) < 4.78 is 17.1. The Bertz CT molecular complexity index is 612. The Morgan fingerprint density at radius 3 is 2.33 bits per heavy atom. The largest absolute Gasteiger partial charge is 0.490 e. The molecule has 21 heavy (non-hydrogen) atoms. The standard InChI is InChI=1S/C15H16BrClO4/c1-3-19-12-7-9(10(16)8-13(12)20-4-2)15(18)11-5-6-14(17)21-11/h5-8,15,18H,3-4H2,1-2H3. The first-order valence-electron chi connectivity index (χ1n) is 6.59. The van der Waals surface area contributed by atoms with Crippen molar-refractivity contribution in [3.05, 3.63) is 45.3 Å². The maximum absolute atomic E-state index is 10.4. The third-order valence-electron chi connectivity index (χ3n) is 2.82. The number of hydrogen-bond donors (Lipinski definition) is 1. The Kier molecular flexibility index (Phi) is 5.56. The summed E-state index contributed by atoms with van der Waals surface area (Å²) in [6, 6.07) is 6.74. The van der Waals surface area contributed by atoms with Crippen molar-refractivity contribution in [3.63, 3.8) is 0 Å². The van der Waals surface area contributed by atoms with Gasteiger partial charge in [0.1, 0.15) is 11.9 Å². The van der Waals surface area contributed by atoms with Gasteiger partial charge in [0, 0.05) is 10.0 Å². The van der Waals surface area contributed by atoms with Crippen molar-refractivity contribution < 1.29 is 19.0 Å². The summed E-state index contributed by atoms with van der Waals surface area (Å²) in [7, 11) is 0. The Morgan fingerprint density at radius 1 is 1.19 bits per heavy atom. The van der Waals surface area contributed by atoms with Gasteiger partial charge in [-0.1, -0.05) is 15.9 Å². The summed E-state index contributed by atoms with van der Waals surface area (Å²) in [6.07, 6.45) is -0.943. The number of aliphatic hydroxyl groups is 1. The molecule has 0 saturated carbocycles. The summed E-state index contributed by atoms with van der Waals surface area (Å²) in [5.41, 5.74) is 0.618. The van der Waals surface area contributed by atoms with Crippen molar-refractivity contribution in [2.75, 3.05) is 13.2 Å². The maximum atomic E-state index is 10.4. The molecule has 0 bridgehead atoms. The molecule has 6 heteroatoms. The Labute approximate surface area is 136 Å². The van der Waals surface area contributed by atoms with Crippen molar-refractivity contribution in [2.24, 2.45) is 0 Å². The smallest absolute Gasteiger partial charge is 0.193 e. The Balaban J connectivity index is 2.40. The Morgan fingerprint density at radius 2 is 1.81 bits per heavy atom. The second kappa shape index (κ2) is 7.20. The highest BCUT2D eigenvalue weighted by molar-refractivity contribution is 9.10. The molecule has 0 amide bonds. The molecule has 1 heterocycles. The first-order valence-corrected chi connectivity index (χ1v) is 7.76. The lowest BCUT2D eigenvalue weighted by Crippen LogP contribution is -2.03. The zero-order chi connectivity index (χ0) is 15.4. The minimum atomic E-state index is -0.943. The highest BCUT2D eigenvalue weighted by Gasteiger charge is 2.20. The number of furan rings is 1. The van der Waals surface area contributed by atoms with E-state index in [2.05, 4.69) is 15.9 Å². The van der Waals surface area contributed by atoms with Crippen LogP contribution in [0.25, 0.3) is 0 Å². The lowest BCUT2D eigenvalue weighted by molar-refractivity contribution is 0.188. The molecule has 0 aliphatic carbocycles. The first kappa shape index (κ1) is 16.2. The number of hydrogen-bond acceptors (Lipinski definition) is 4. The van der Waals surface area contributed by atoms with Crippen LogP contribution in [-0.4, -0.2) is 18.3 Å². The normalized spacial score (nSPS) is 12.2. The molecule has 0 aliphatic rings. The van der Waals surface area contributed by atoms with Crippen LogP contribution in [0.3, 0.4) is 0 Å². The number of halogens is 2. The van der Waals surface area contributed by atoms with Gasteiger partial charge in [-0.15, -0.1) is 0 Å². The van der Waals surface area contributed by atoms with E-state index >= 15 is 0 Å². The predicted molar refractivity (Wildman–Crippen MR) is 84.3 cm³/mol. The SMILES string of the molecule is CCOc1cc(Br)c(C(O)c2ccc(Cl)o2)cc1OCC. The van der Waals surface area contributed by atoms with E-state index in [-0.39, 0.29) is 5.22 Å². The molecule has 0 saturated heterocycles. The third-order valence-corrected chi connectivity index (χ3v) is 3.71. The second-order valence-corrected chi connectivity index (χ2v) is 5.46. The van der Waals surface area contributed by atoms with Crippen LogP contribution >= 0.6 is 27.5 Å². The van der Waals surface area contributed by atoms with E-state index in [1.54, 1.807) is 24.3 Å². The molecule has 0 radical (unpaired) electrons. The van der Waals surface area contributed by atoms with Crippen molar-refractivity contribution in [1.82, 2.24) is 0 Å². The molecule has 0 spiro atoms. The fourth-order valence-electron chi connectivity index (χ4n) is 1.93. The fraction of sp³-hybridized carbons (Fsp3) is 0.333. The molecule has 1 aromatic heterocycles. The molecule has 2 rings (SSSR count). The van der Waals surface area contributed by atoms with E-state index in [0.29, 0.717) is 40.5 Å². The minimum absolute atomic E-state index is 0.233. The first-order chi connectivity index (χ1) is 10.1. The molecule has 1 N–H and O–H groups in total. The summed E-state index contributed by atoms with van der Waals surface area (Å²) in [5, 5.41) is 10.7. The Hall–Kier alpha value is -1.17. The topological polar surface area (TPSA) is 51.8 Å². The lowest BCUT2D eigenvalue weighted by Gasteiger charge is -2.16. The van der Waals surface area contributed by atoms with Crippen LogP contribution in [0.4, 0.5) is 0 Å². The molecular formula is C15H16BrClO4. The van der Waals surface area contributed by atoms with Crippen molar-refractivity contribution in [1.29, 1.82) is 0 Å². The molecule has 2 aromatic rings. The van der Waals surface area contributed by atoms with E-state index in [1.165, 1.54) is 0 Å². The maximum Gasteiger partial charge on any atom is 0.193 e. The van der Waals surface area contributed by atoms with Gasteiger partial charge >= 0.3 is 0 Å². The average Bonchev–Trinajstić information content (AvgIpc) is 2.88. The van der Waals surface area contributed by atoms with Gasteiger partial charge in [-0.3, -0.25) is 0 Å². The highest BCUT2D eigenvalue weighted by atomic mass is 79.9. The van der Waals surface area contributed by atoms with Crippen LogP contribution in [0, 0.1) is 0 Å². The van der Waals surface area contributed by atoms with Gasteiger partial charge in [0.05, 0.1) is 13.2 Å². The molecule has 4 nitrogen and oxygen atoms in total. The van der Waals surface area contributed by atoms with Gasteiger partial charge < -0.3 is 19.0 Å². The van der Waals surface area contributed by atoms with Crippen LogP contribution in [0.2, 0.25) is 5.22 Å². The summed E-state index contributed by atoms with van der Waals surface area (Å²) in [6.45, 7) is 4.82. The molecule has 114 valence electrons. The van der Waals surface area contributed by atoms with Crippen LogP contribution in [0.15, 0.2) is 33.2 Å². The van der Waals surface area contributed by atoms with Gasteiger partial charge in [-0.05, 0) is 49.7 Å². The van der Waals surface area contributed by atoms with Crippen molar-refractivity contribution in [3.8, 4) is 11.5 Å². The van der Waals surface area contributed by atoms with Crippen LogP contribution in [0.1, 0.15) is 31.3 Å². The van der Waals surface area contributed by atoms with E-state index < -0.39 is 6.10 Å². The molecule has 1 atom stereocenters. The number of benzene rings is 1. The van der Waals surface area contributed by atoms with Gasteiger partial charge in [-0.25, -0.2) is 0 Å². The van der Waals surface area contributed by atoms with Crippen LogP contribution in [-0.2, 0) is 0 Å². The molecule has 1 aromatic carbocycles. The number of aliphatic hydroxyl groups excluding tert-OH is 1. The number of ether oxygens (including phenoxy) is 2. The average molecular weight is 376 g/mol. The van der Waals surface area contributed by atoms with E-state index in [1.807, 2.05) is 13.8 Å². The third kappa shape index (κ3) is 3.73. The van der Waals surface area contributed by atoms with E-state index in [0.717, 1.165) is 0 Å². The molecule has 0 aliphatic heterocycles. The molecular weight excluding hydrogens is 360 g/mol. The fourth-order valence-corrected chi connectivity index (χ4v) is 2.62. The van der Waals surface area contributed by atoms with Gasteiger partial charge in [0.15, 0.2) is 16.7 Å². The molecule has 1 unspecified atom stereocenters. The van der Waals surface area contributed by atoms with Crippen LogP contribution < -0.4 is 9.47 Å². The highest BCUT2D eigenvalue weighted by Crippen LogP contribution is 2.38. The van der Waals surface area contributed by atoms with E-state index in [4.69, 9.17) is 25.5 Å². The van der Waals surface area contributed by atoms with Crippen LogP contribution in [0.5, 0.6) is 11.5 Å². The van der Waals surface area contributed by atoms with Crippen molar-refractivity contribution >= 4 is 27.5 Å². The number of rotatable bonds is 6. The van der Waals surface area contributed by atoms with Gasteiger partial charge in [0.25, 0.3) is 0 Å². The van der Waals surface area contributed by atoms with Gasteiger partial charge in [0.2, 0.25) is 0 Å². The summed E-state index contributed by atoms with van der Waals surface area (Å²) in [4.78, 5) is 0. The second-order valence-electron chi connectivity index (χ2n) is 4.23. The summed E-state index contributed by atoms with van der Waals surface area (Å²) in [5.74, 6) is 1.57. The zero-order valence-electron chi connectivity index (χ0n) is 11.7. The van der Waals surface area contributed by atoms with Gasteiger partial charge in [-0.2, -0.15) is 0 Å². The summed E-state index contributed by atoms with van der Waals surface area (Å²) >= 11 is 9.18. The molecule has 0 fully saturated rings. The zero-order valence-corrected chi connectivity index (χ0v) is 14.1. The minimum Gasteiger partial charge on any atom is -0.490 e. The quantitative estimate of drug-likeness (QED) is 0.803.